The van der Waals surface area contributed by atoms with Crippen LogP contribution in [0, 0.1) is 12.7 Å². The molecule has 0 bridgehead atoms. The zero-order chi connectivity index (χ0) is 29.8. The predicted molar refractivity (Wildman–Crippen MR) is 136 cm³/mol. The van der Waals surface area contributed by atoms with Crippen molar-refractivity contribution in [3.05, 3.63) is 57.1 Å². The number of fused-ring (bicyclic) bond motifs is 2. The molecule has 2 aromatic heterocycles. The number of hydrogen-bond donors (Lipinski definition) is 3. The molecule has 0 amide bonds. The Kier molecular flexibility index (Phi) is 9.48. The Labute approximate surface area is 233 Å². The fourth-order valence-electron chi connectivity index (χ4n) is 5.23. The van der Waals surface area contributed by atoms with Crippen molar-refractivity contribution in [2.24, 2.45) is 0 Å². The van der Waals surface area contributed by atoms with Crippen LogP contribution < -0.4 is 15.8 Å². The van der Waals surface area contributed by atoms with Crippen LogP contribution in [-0.4, -0.2) is 78.7 Å². The average Bonchev–Trinajstić information content (AvgIpc) is 3.36. The van der Waals surface area contributed by atoms with E-state index in [2.05, 4.69) is 15.0 Å². The second-order valence-corrected chi connectivity index (χ2v) is 10.3. The van der Waals surface area contributed by atoms with Crippen LogP contribution in [0.3, 0.4) is 0 Å². The molecule has 0 radical (unpaired) electrons. The van der Waals surface area contributed by atoms with E-state index in [-0.39, 0.29) is 11.4 Å². The summed E-state index contributed by atoms with van der Waals surface area (Å²) in [6, 6.07) is 4.58. The quantitative estimate of drug-likeness (QED) is 0.288. The Bertz CT molecular complexity index is 1450. The highest BCUT2D eigenvalue weighted by atomic mass is 19.1. The minimum Gasteiger partial charge on any atom is -0.547 e. The van der Waals surface area contributed by atoms with Gasteiger partial charge in [0.25, 0.3) is 5.56 Å². The van der Waals surface area contributed by atoms with Crippen molar-refractivity contribution in [3.63, 3.8) is 0 Å². The number of piperidine rings is 1. The molecular formula is C27H31FN4O9-2. The normalized spacial score (nSPS) is 19.2. The lowest BCUT2D eigenvalue weighted by Gasteiger charge is -2.31. The molecule has 3 N–H and O–H groups in total. The van der Waals surface area contributed by atoms with Gasteiger partial charge in [-0.1, -0.05) is 5.16 Å². The van der Waals surface area contributed by atoms with Gasteiger partial charge in [0.15, 0.2) is 5.58 Å². The molecule has 2 aliphatic rings. The van der Waals surface area contributed by atoms with Gasteiger partial charge in [0, 0.05) is 41.7 Å². The average molecular weight is 575 g/mol. The minimum atomic E-state index is -2.44. The van der Waals surface area contributed by atoms with Crippen molar-refractivity contribution in [1.29, 1.82) is 0 Å². The number of carboxylic acids is 2. The molecule has 41 heavy (non-hydrogen) atoms. The molecule has 3 atom stereocenters. The summed E-state index contributed by atoms with van der Waals surface area (Å²) in [5.74, 6) is -3.63. The van der Waals surface area contributed by atoms with Crippen molar-refractivity contribution >= 4 is 22.9 Å². The molecule has 1 aromatic carbocycles. The van der Waals surface area contributed by atoms with Gasteiger partial charge >= 0.3 is 0 Å². The Hall–Kier alpha value is -3.72. The SMILES string of the molecule is Cc1nc2n(c(=O)c1CCN1CCC(c3noc4cc(F)ccc34)CC1)CCCC2O.O=C([O-])C(O)C(O)C(=O)[O-]. The van der Waals surface area contributed by atoms with E-state index in [1.807, 2.05) is 6.92 Å². The molecule has 1 fully saturated rings. The van der Waals surface area contributed by atoms with Gasteiger partial charge in [0.05, 0.1) is 17.6 Å². The summed E-state index contributed by atoms with van der Waals surface area (Å²) in [5.41, 5.74) is 2.90. The standard InChI is InChI=1S/C23H27FN4O3.C4H6O6/c1-14-17(23(30)28-9-2-3-19(29)22(28)25-14)8-12-27-10-6-15(7-11-27)21-18-5-4-16(24)13-20(18)31-26-21;5-1(3(7)8)2(6)4(9)10/h4-5,13,15,19,29H,2-3,6-12H2,1H3;1-2,5-6H,(H,7,8)(H,9,10)/p-2. The summed E-state index contributed by atoms with van der Waals surface area (Å²) in [4.78, 5) is 39.1. The van der Waals surface area contributed by atoms with Crippen molar-refractivity contribution in [1.82, 2.24) is 19.6 Å². The molecule has 3 unspecified atom stereocenters. The molecule has 0 spiro atoms. The van der Waals surface area contributed by atoms with Crippen LogP contribution in [0.4, 0.5) is 4.39 Å². The maximum atomic E-state index is 13.4. The number of halogens is 1. The fraction of sp³-hybridized carbons (Fsp3) is 0.519. The van der Waals surface area contributed by atoms with Crippen LogP contribution >= 0.6 is 0 Å². The molecule has 4 heterocycles. The Morgan fingerprint density at radius 3 is 2.41 bits per heavy atom. The third-order valence-electron chi connectivity index (χ3n) is 7.55. The van der Waals surface area contributed by atoms with Gasteiger partial charge in [-0.05, 0) is 64.3 Å². The summed E-state index contributed by atoms with van der Waals surface area (Å²) in [7, 11) is 0. The number of hydrogen-bond acceptors (Lipinski definition) is 12. The summed E-state index contributed by atoms with van der Waals surface area (Å²) in [5, 5.41) is 51.0. The highest BCUT2D eigenvalue weighted by molar-refractivity contribution is 5.81. The van der Waals surface area contributed by atoms with Crippen LogP contribution in [0.15, 0.2) is 27.5 Å². The first-order valence-corrected chi connectivity index (χ1v) is 13.3. The van der Waals surface area contributed by atoms with Gasteiger partial charge in [-0.3, -0.25) is 9.36 Å². The van der Waals surface area contributed by atoms with Gasteiger partial charge < -0.3 is 44.5 Å². The summed E-state index contributed by atoms with van der Waals surface area (Å²) >= 11 is 0. The van der Waals surface area contributed by atoms with E-state index < -0.39 is 30.3 Å². The van der Waals surface area contributed by atoms with Gasteiger partial charge in [0.2, 0.25) is 0 Å². The first-order chi connectivity index (χ1) is 19.5. The summed E-state index contributed by atoms with van der Waals surface area (Å²) in [6.07, 6.45) is -1.50. The van der Waals surface area contributed by atoms with E-state index in [1.54, 1.807) is 10.6 Å². The molecule has 0 aliphatic carbocycles. The molecule has 0 saturated carbocycles. The van der Waals surface area contributed by atoms with Gasteiger partial charge in [-0.25, -0.2) is 9.37 Å². The lowest BCUT2D eigenvalue weighted by atomic mass is 9.91. The lowest BCUT2D eigenvalue weighted by Crippen LogP contribution is -2.51. The lowest BCUT2D eigenvalue weighted by molar-refractivity contribution is -0.333. The van der Waals surface area contributed by atoms with Crippen LogP contribution in [0.1, 0.15) is 60.5 Å². The molecule has 13 nitrogen and oxygen atoms in total. The van der Waals surface area contributed by atoms with E-state index in [0.717, 1.165) is 61.2 Å². The van der Waals surface area contributed by atoms with Gasteiger partial charge in [0.1, 0.15) is 30.0 Å². The number of carbonyl (C=O) groups excluding carboxylic acids is 2. The number of rotatable bonds is 7. The smallest absolute Gasteiger partial charge is 0.257 e. The summed E-state index contributed by atoms with van der Waals surface area (Å²) in [6.45, 7) is 5.13. The number of benzene rings is 1. The Balaban J connectivity index is 0.000000334. The van der Waals surface area contributed by atoms with Crippen molar-refractivity contribution < 1.29 is 44.0 Å². The Morgan fingerprint density at radius 1 is 1.12 bits per heavy atom. The van der Waals surface area contributed by atoms with E-state index in [1.165, 1.54) is 12.1 Å². The van der Waals surface area contributed by atoms with Crippen LogP contribution in [0.2, 0.25) is 0 Å². The van der Waals surface area contributed by atoms with Gasteiger partial charge in [-0.2, -0.15) is 0 Å². The molecule has 222 valence electrons. The maximum absolute atomic E-state index is 13.4. The maximum Gasteiger partial charge on any atom is 0.257 e. The Morgan fingerprint density at radius 2 is 1.78 bits per heavy atom. The monoisotopic (exact) mass is 574 g/mol. The number of carbonyl (C=O) groups is 2. The first-order valence-electron chi connectivity index (χ1n) is 13.3. The largest absolute Gasteiger partial charge is 0.547 e. The fourth-order valence-corrected chi connectivity index (χ4v) is 5.23. The van der Waals surface area contributed by atoms with E-state index in [9.17, 15) is 34.1 Å². The second-order valence-electron chi connectivity index (χ2n) is 10.3. The predicted octanol–water partition coefficient (Wildman–Crippen LogP) is -1.71. The zero-order valence-corrected chi connectivity index (χ0v) is 22.4. The number of carboxylic acid groups (broad SMARTS) is 2. The van der Waals surface area contributed by atoms with Crippen LogP contribution in [0.25, 0.3) is 11.0 Å². The number of aliphatic hydroxyl groups excluding tert-OH is 3. The van der Waals surface area contributed by atoms with Crippen molar-refractivity contribution in [3.8, 4) is 0 Å². The summed E-state index contributed by atoms with van der Waals surface area (Å²) < 4.78 is 20.4. The number of aromatic nitrogens is 3. The molecule has 3 aromatic rings. The number of aliphatic carboxylic acids is 2. The van der Waals surface area contributed by atoms with Gasteiger partial charge in [-0.15, -0.1) is 0 Å². The molecule has 5 rings (SSSR count). The second kappa shape index (κ2) is 12.9. The number of aliphatic hydroxyl groups is 3. The molecular weight excluding hydrogens is 543 g/mol. The molecule has 2 aliphatic heterocycles. The minimum absolute atomic E-state index is 0.00237. The van der Waals surface area contributed by atoms with Crippen LogP contribution in [-0.2, 0) is 22.6 Å². The highest BCUT2D eigenvalue weighted by Gasteiger charge is 2.27. The number of nitrogens with zero attached hydrogens (tertiary/aromatic N) is 4. The third-order valence-corrected chi connectivity index (χ3v) is 7.55. The van der Waals surface area contributed by atoms with E-state index in [4.69, 9.17) is 14.7 Å². The number of likely N-dealkylation sites (tertiary alicyclic amines) is 1. The highest BCUT2D eigenvalue weighted by Crippen LogP contribution is 2.33. The topological polar surface area (TPSA) is 205 Å². The van der Waals surface area contributed by atoms with Crippen molar-refractivity contribution in [2.75, 3.05) is 19.6 Å². The van der Waals surface area contributed by atoms with Crippen molar-refractivity contribution in [2.45, 2.75) is 69.8 Å². The molecule has 1 saturated heterocycles. The van der Waals surface area contributed by atoms with Crippen LogP contribution in [0.5, 0.6) is 0 Å². The number of aryl methyl sites for hydroxylation is 1. The zero-order valence-electron chi connectivity index (χ0n) is 22.4. The first kappa shape index (κ1) is 30.2. The van der Waals surface area contributed by atoms with E-state index >= 15 is 0 Å². The molecule has 14 heteroatoms. The van der Waals surface area contributed by atoms with E-state index in [0.29, 0.717) is 36.7 Å². The third kappa shape index (κ3) is 6.78.